The number of pyridine rings is 1. The second-order valence-electron chi connectivity index (χ2n) is 9.10. The Labute approximate surface area is 209 Å². The molecule has 4 heterocycles. The van der Waals surface area contributed by atoms with Gasteiger partial charge in [0.05, 0.1) is 33.5 Å². The van der Waals surface area contributed by atoms with E-state index in [9.17, 15) is 4.79 Å². The number of carbonyl (C=O) groups is 1. The molecule has 2 unspecified atom stereocenters. The maximum absolute atomic E-state index is 15.0. The Hall–Kier alpha value is -2.17. The van der Waals surface area contributed by atoms with E-state index in [2.05, 4.69) is 15.0 Å². The zero-order valence-electron chi connectivity index (χ0n) is 24.1. The van der Waals surface area contributed by atoms with Gasteiger partial charge in [-0.2, -0.15) is 9.97 Å². The number of hydrogen-bond donors (Lipinski definition) is 0. The molecule has 2 fully saturated rings. The van der Waals surface area contributed by atoms with Crippen LogP contribution in [0.3, 0.4) is 0 Å². The Bertz CT molecular complexity index is 1290. The van der Waals surface area contributed by atoms with Crippen LogP contribution in [0.2, 0.25) is 10.4 Å². The molecule has 2 aromatic rings. The molecule has 9 nitrogen and oxygen atoms in total. The van der Waals surface area contributed by atoms with Crippen LogP contribution in [0, 0.1) is 5.82 Å². The van der Waals surface area contributed by atoms with E-state index in [0.717, 1.165) is 0 Å². The molecule has 2 atom stereocenters. The molecule has 33 heavy (non-hydrogen) atoms. The van der Waals surface area contributed by atoms with E-state index in [4.69, 9.17) is 45.6 Å². The predicted octanol–water partition coefficient (Wildman–Crippen LogP) is 4.08. The summed E-state index contributed by atoms with van der Waals surface area (Å²) in [7, 11) is -5.72. The van der Waals surface area contributed by atoms with E-state index in [1.807, 2.05) is 0 Å². The van der Waals surface area contributed by atoms with Crippen molar-refractivity contribution in [1.82, 2.24) is 19.9 Å². The minimum absolute atomic E-state index is 0.0266. The lowest BCUT2D eigenvalue weighted by molar-refractivity contribution is -0.0261. The molecule has 180 valence electrons. The van der Waals surface area contributed by atoms with Gasteiger partial charge in [0.2, 0.25) is 11.2 Å². The molecule has 2 saturated heterocycles. The smallest absolute Gasteiger partial charge is 0.411 e. The lowest BCUT2D eigenvalue weighted by Gasteiger charge is -2.49. The highest BCUT2D eigenvalue weighted by molar-refractivity contribution is 6.31. The summed E-state index contributed by atoms with van der Waals surface area (Å²) in [6.07, 6.45) is 0.181. The summed E-state index contributed by atoms with van der Waals surface area (Å²) in [5.41, 5.74) is -2.42. The summed E-state index contributed by atoms with van der Waals surface area (Å²) >= 11 is 12.0. The lowest BCUT2D eigenvalue weighted by Crippen LogP contribution is -2.66. The number of nitrogens with zero attached hydrogens (tertiary/aromatic N) is 5. The van der Waals surface area contributed by atoms with E-state index in [1.165, 1.54) is 4.90 Å². The average molecular weight is 508 g/mol. The third-order valence-electron chi connectivity index (χ3n) is 5.73. The van der Waals surface area contributed by atoms with Crippen molar-refractivity contribution in [1.29, 1.82) is 0 Å². The van der Waals surface area contributed by atoms with Crippen molar-refractivity contribution in [2.45, 2.75) is 50.8 Å². The molecule has 1 amide bonds. The van der Waals surface area contributed by atoms with Crippen LogP contribution in [0.4, 0.5) is 15.0 Å². The van der Waals surface area contributed by atoms with Gasteiger partial charge in [0.25, 0.3) is 0 Å². The van der Waals surface area contributed by atoms with Crippen molar-refractivity contribution < 1.29 is 31.6 Å². The summed E-state index contributed by atoms with van der Waals surface area (Å²) in [6, 6.07) is -0.491. The maximum Gasteiger partial charge on any atom is 0.411 e. The van der Waals surface area contributed by atoms with Crippen molar-refractivity contribution in [3.05, 3.63) is 16.3 Å². The number of piperazine rings is 1. The van der Waals surface area contributed by atoms with Crippen LogP contribution in [0.5, 0.6) is 5.88 Å². The van der Waals surface area contributed by atoms with Crippen molar-refractivity contribution >= 4 is 46.0 Å². The molecule has 2 aliphatic heterocycles. The van der Waals surface area contributed by atoms with Crippen molar-refractivity contribution in [3.63, 3.8) is 0 Å². The van der Waals surface area contributed by atoms with Gasteiger partial charge < -0.3 is 19.1 Å². The minimum Gasteiger partial charge on any atom is -0.480 e. The van der Waals surface area contributed by atoms with E-state index >= 15 is 4.39 Å². The van der Waals surface area contributed by atoms with Gasteiger partial charge in [-0.25, -0.2) is 14.2 Å². The molecule has 2 aromatic heterocycles. The van der Waals surface area contributed by atoms with E-state index in [0.29, 0.717) is 12.8 Å². The van der Waals surface area contributed by atoms with Crippen LogP contribution in [0.15, 0.2) is 0 Å². The van der Waals surface area contributed by atoms with Gasteiger partial charge in [0, 0.05) is 20.1 Å². The zero-order chi connectivity index (χ0) is 29.1. The molecule has 0 aliphatic carbocycles. The number of carbonyl (C=O) groups excluding carboxylic acids is 1. The fourth-order valence-electron chi connectivity index (χ4n) is 4.58. The maximum atomic E-state index is 15.0. The molecule has 2 bridgehead atoms. The molecule has 0 saturated carbocycles. The Morgan fingerprint density at radius 2 is 2.09 bits per heavy atom. The van der Waals surface area contributed by atoms with Crippen LogP contribution in [0.25, 0.3) is 10.9 Å². The number of fused-ring (bicyclic) bond motifs is 3. The van der Waals surface area contributed by atoms with E-state index in [1.54, 1.807) is 25.7 Å². The average Bonchev–Trinajstić information content (AvgIpc) is 2.99. The lowest BCUT2D eigenvalue weighted by atomic mass is 9.96. The first-order chi connectivity index (χ1) is 17.8. The number of rotatable bonds is 4. The first kappa shape index (κ1) is 17.3. The Kier molecular flexibility index (Phi) is 4.48. The van der Waals surface area contributed by atoms with E-state index < -0.39 is 59.7 Å². The normalized spacial score (nSPS) is 26.2. The van der Waals surface area contributed by atoms with Crippen molar-refractivity contribution in [2.75, 3.05) is 38.7 Å². The summed E-state index contributed by atoms with van der Waals surface area (Å²) < 4.78 is 76.1. The van der Waals surface area contributed by atoms with Gasteiger partial charge in [0.1, 0.15) is 22.3 Å². The highest BCUT2D eigenvalue weighted by Gasteiger charge is 2.55. The first-order valence-electron chi connectivity index (χ1n) is 13.1. The number of hydrogen-bond acceptors (Lipinski definition) is 8. The monoisotopic (exact) mass is 507 g/mol. The largest absolute Gasteiger partial charge is 0.480 e. The second kappa shape index (κ2) is 8.56. The number of halogens is 3. The van der Waals surface area contributed by atoms with Gasteiger partial charge in [-0.3, -0.25) is 4.90 Å². The Morgan fingerprint density at radius 3 is 2.79 bits per heavy atom. The van der Waals surface area contributed by atoms with Crippen molar-refractivity contribution in [3.8, 4) is 5.88 Å². The van der Waals surface area contributed by atoms with Crippen LogP contribution < -0.4 is 9.64 Å². The number of methoxy groups -OCH3 is 2. The SMILES string of the molecule is [2H]C([2H])([2H])OCC12CCC(CN(c3nc(Cl)nc4c(F)c(Cl)nc(OC([2H])([2H])[2H])c34)C1)N2C(=O)OC(C)(C)C. The molecule has 0 N–H and O–H groups in total. The van der Waals surface area contributed by atoms with Gasteiger partial charge in [-0.1, -0.05) is 11.6 Å². The molecule has 4 rings (SSSR count). The van der Waals surface area contributed by atoms with E-state index in [-0.39, 0.29) is 36.2 Å². The quantitative estimate of drug-likeness (QED) is 0.451. The molecular formula is C21H26Cl2FN5O4. The second-order valence-corrected chi connectivity index (χ2v) is 9.80. The molecule has 0 spiro atoms. The van der Waals surface area contributed by atoms with Gasteiger partial charge in [0.15, 0.2) is 11.0 Å². The fourth-order valence-corrected chi connectivity index (χ4v) is 4.91. The summed E-state index contributed by atoms with van der Waals surface area (Å²) in [4.78, 5) is 28.3. The van der Waals surface area contributed by atoms with Crippen LogP contribution in [-0.2, 0) is 9.47 Å². The summed E-state index contributed by atoms with van der Waals surface area (Å²) in [6.45, 7) is 4.85. The topological polar surface area (TPSA) is 89.9 Å². The number of aromatic nitrogens is 3. The third-order valence-corrected chi connectivity index (χ3v) is 6.15. The van der Waals surface area contributed by atoms with Crippen LogP contribution >= 0.6 is 23.2 Å². The van der Waals surface area contributed by atoms with Gasteiger partial charge in [-0.05, 0) is 45.2 Å². The standard InChI is InChI=1S/C21H26Cl2FN5O4/c1-20(2,3)33-19(30)29-11-6-7-21(29,10-31-4)9-28(8-11)16-12-14(25-18(23)27-16)13(24)15(22)26-17(12)32-5/h11H,6-10H2,1-5H3/i4D3,5D3. The van der Waals surface area contributed by atoms with Crippen LogP contribution in [0.1, 0.15) is 41.8 Å². The number of amides is 1. The predicted molar refractivity (Wildman–Crippen MR) is 122 cm³/mol. The highest BCUT2D eigenvalue weighted by atomic mass is 35.5. The highest BCUT2D eigenvalue weighted by Crippen LogP contribution is 2.44. The van der Waals surface area contributed by atoms with Gasteiger partial charge >= 0.3 is 6.09 Å². The zero-order valence-corrected chi connectivity index (χ0v) is 19.6. The molecule has 2 aliphatic rings. The molecule has 0 aromatic carbocycles. The van der Waals surface area contributed by atoms with Crippen LogP contribution in [-0.4, -0.2) is 76.9 Å². The summed E-state index contributed by atoms with van der Waals surface area (Å²) in [5.74, 6) is -1.63. The van der Waals surface area contributed by atoms with Crippen molar-refractivity contribution in [2.24, 2.45) is 0 Å². The fraction of sp³-hybridized carbons (Fsp3) is 0.619. The first-order valence-corrected chi connectivity index (χ1v) is 10.9. The molecule has 12 heteroatoms. The minimum atomic E-state index is -2.97. The summed E-state index contributed by atoms with van der Waals surface area (Å²) in [5, 5.41) is -1.25. The number of anilines is 1. The third kappa shape index (κ3) is 4.24. The Morgan fingerprint density at radius 1 is 1.30 bits per heavy atom. The number of ether oxygens (including phenoxy) is 3. The molecule has 0 radical (unpaired) electrons. The van der Waals surface area contributed by atoms with Gasteiger partial charge in [-0.15, -0.1) is 0 Å². The molecular weight excluding hydrogens is 476 g/mol. The Balaban J connectivity index is 1.84.